The molecule has 6 heteroatoms. The minimum Gasteiger partial charge on any atom is -0.389 e. The van der Waals surface area contributed by atoms with E-state index in [-0.39, 0.29) is 12.4 Å². The van der Waals surface area contributed by atoms with Crippen molar-refractivity contribution in [3.8, 4) is 0 Å². The molecule has 3 N–H and O–H groups in total. The summed E-state index contributed by atoms with van der Waals surface area (Å²) in [5.41, 5.74) is 1.45. The molecule has 2 rings (SSSR count). The second kappa shape index (κ2) is 4.95. The van der Waals surface area contributed by atoms with Crippen molar-refractivity contribution in [2.45, 2.75) is 32.5 Å². The van der Waals surface area contributed by atoms with Crippen LogP contribution in [0, 0.1) is 0 Å². The van der Waals surface area contributed by atoms with Crippen molar-refractivity contribution in [1.29, 1.82) is 0 Å². The maximum atomic E-state index is 9.54. The van der Waals surface area contributed by atoms with Crippen LogP contribution in [-0.2, 0) is 13.1 Å². The first-order valence-corrected chi connectivity index (χ1v) is 5.06. The lowest BCUT2D eigenvalue weighted by molar-refractivity contribution is 0.0943. The monoisotopic (exact) mass is 244 g/mol. The van der Waals surface area contributed by atoms with Gasteiger partial charge in [0, 0.05) is 31.4 Å². The van der Waals surface area contributed by atoms with Gasteiger partial charge in [-0.25, -0.2) is 9.97 Å². The van der Waals surface area contributed by atoms with Gasteiger partial charge in [0.15, 0.2) is 0 Å². The van der Waals surface area contributed by atoms with Gasteiger partial charge in [0.2, 0.25) is 5.95 Å². The van der Waals surface area contributed by atoms with Crippen LogP contribution in [0.5, 0.6) is 0 Å². The molecule has 0 fully saturated rings. The molecule has 0 aliphatic carbocycles. The Morgan fingerprint density at radius 1 is 1.50 bits per heavy atom. The van der Waals surface area contributed by atoms with Crippen LogP contribution >= 0.6 is 12.4 Å². The van der Waals surface area contributed by atoms with Gasteiger partial charge in [0.25, 0.3) is 0 Å². The van der Waals surface area contributed by atoms with Crippen molar-refractivity contribution in [3.63, 3.8) is 0 Å². The summed E-state index contributed by atoms with van der Waals surface area (Å²) in [4.78, 5) is 8.54. The summed E-state index contributed by atoms with van der Waals surface area (Å²) in [5.74, 6) is 0.583. The maximum Gasteiger partial charge on any atom is 0.223 e. The van der Waals surface area contributed by atoms with Crippen LogP contribution in [0.2, 0.25) is 0 Å². The van der Waals surface area contributed by atoms with Gasteiger partial charge in [-0.2, -0.15) is 0 Å². The van der Waals surface area contributed by atoms with E-state index in [1.165, 1.54) is 0 Å². The Morgan fingerprint density at radius 2 is 2.25 bits per heavy atom. The van der Waals surface area contributed by atoms with Crippen LogP contribution < -0.4 is 10.6 Å². The number of aromatic nitrogens is 2. The number of anilines is 1. The maximum absolute atomic E-state index is 9.54. The van der Waals surface area contributed by atoms with Gasteiger partial charge in [-0.05, 0) is 13.8 Å². The Hall–Kier alpha value is -0.910. The molecule has 1 aromatic rings. The molecule has 0 aromatic carbocycles. The van der Waals surface area contributed by atoms with E-state index in [2.05, 4.69) is 20.6 Å². The number of nitrogens with zero attached hydrogens (tertiary/aromatic N) is 2. The van der Waals surface area contributed by atoms with Crippen molar-refractivity contribution in [2.24, 2.45) is 0 Å². The highest BCUT2D eigenvalue weighted by molar-refractivity contribution is 5.85. The molecule has 1 aliphatic heterocycles. The highest BCUT2D eigenvalue weighted by Crippen LogP contribution is 2.13. The van der Waals surface area contributed by atoms with E-state index in [4.69, 9.17) is 0 Å². The van der Waals surface area contributed by atoms with Crippen molar-refractivity contribution in [3.05, 3.63) is 17.5 Å². The van der Waals surface area contributed by atoms with E-state index >= 15 is 0 Å². The molecular weight excluding hydrogens is 228 g/mol. The fourth-order valence-corrected chi connectivity index (χ4v) is 1.44. The van der Waals surface area contributed by atoms with Crippen molar-refractivity contribution in [2.75, 3.05) is 11.9 Å². The Morgan fingerprint density at radius 3 is 2.94 bits per heavy atom. The lowest BCUT2D eigenvalue weighted by Crippen LogP contribution is -2.30. The molecule has 5 nitrogen and oxygen atoms in total. The number of aliphatic hydroxyl groups is 1. The summed E-state index contributed by atoms with van der Waals surface area (Å²) >= 11 is 0. The molecule has 0 saturated heterocycles. The number of fused-ring (bicyclic) bond motifs is 1. The van der Waals surface area contributed by atoms with Crippen molar-refractivity contribution < 1.29 is 5.11 Å². The first-order valence-electron chi connectivity index (χ1n) is 5.06. The predicted molar refractivity (Wildman–Crippen MR) is 64.6 cm³/mol. The van der Waals surface area contributed by atoms with Crippen LogP contribution in [0.1, 0.15) is 25.1 Å². The SMILES string of the molecule is CC(C)(O)CNc1ncc2c(n1)CNC2.Cl. The molecule has 0 unspecified atom stereocenters. The van der Waals surface area contributed by atoms with Crippen LogP contribution in [0.25, 0.3) is 0 Å². The highest BCUT2D eigenvalue weighted by atomic mass is 35.5. The number of nitrogens with one attached hydrogen (secondary N) is 2. The molecule has 0 atom stereocenters. The van der Waals surface area contributed by atoms with E-state index in [0.717, 1.165) is 24.3 Å². The van der Waals surface area contributed by atoms with Crippen LogP contribution in [0.4, 0.5) is 5.95 Å². The van der Waals surface area contributed by atoms with Gasteiger partial charge in [0.1, 0.15) is 0 Å². The van der Waals surface area contributed by atoms with Gasteiger partial charge >= 0.3 is 0 Å². The molecule has 90 valence electrons. The van der Waals surface area contributed by atoms with Gasteiger partial charge < -0.3 is 15.7 Å². The Kier molecular flexibility index (Phi) is 4.07. The van der Waals surface area contributed by atoms with Gasteiger partial charge in [0.05, 0.1) is 11.3 Å². The number of rotatable bonds is 3. The normalized spacial score (nSPS) is 14.2. The summed E-state index contributed by atoms with van der Waals surface area (Å²) in [6.07, 6.45) is 1.83. The molecule has 2 heterocycles. The van der Waals surface area contributed by atoms with Crippen LogP contribution in [-0.4, -0.2) is 27.2 Å². The minimum atomic E-state index is -0.749. The molecular formula is C10H17ClN4O. The molecule has 1 aliphatic rings. The molecule has 0 bridgehead atoms. The van der Waals surface area contributed by atoms with E-state index in [1.54, 1.807) is 13.8 Å². The van der Waals surface area contributed by atoms with Gasteiger partial charge in [-0.1, -0.05) is 0 Å². The van der Waals surface area contributed by atoms with E-state index in [9.17, 15) is 5.11 Å². The van der Waals surface area contributed by atoms with Crippen LogP contribution in [0.15, 0.2) is 6.20 Å². The standard InChI is InChI=1S/C10H16N4O.ClH/c1-10(2,15)6-13-9-12-4-7-3-11-5-8(7)14-9;/h4,11,15H,3,5-6H2,1-2H3,(H,12,13,14);1H. The van der Waals surface area contributed by atoms with E-state index < -0.39 is 5.60 Å². The predicted octanol–water partition coefficient (Wildman–Crippen LogP) is 0.684. The molecule has 1 aromatic heterocycles. The lowest BCUT2D eigenvalue weighted by Gasteiger charge is -2.17. The zero-order chi connectivity index (χ0) is 10.9. The average Bonchev–Trinajstić information content (AvgIpc) is 2.60. The van der Waals surface area contributed by atoms with E-state index in [1.807, 2.05) is 6.20 Å². The number of halogens is 1. The van der Waals surface area contributed by atoms with Crippen molar-refractivity contribution >= 4 is 18.4 Å². The van der Waals surface area contributed by atoms with Gasteiger partial charge in [-0.15, -0.1) is 12.4 Å². The average molecular weight is 245 g/mol. The molecule has 0 saturated carbocycles. The lowest BCUT2D eigenvalue weighted by atomic mass is 10.1. The minimum absolute atomic E-state index is 0. The Bertz CT molecular complexity index is 364. The summed E-state index contributed by atoms with van der Waals surface area (Å²) in [6.45, 7) is 5.58. The first-order chi connectivity index (χ1) is 7.04. The second-order valence-electron chi connectivity index (χ2n) is 4.44. The molecule has 0 spiro atoms. The third-order valence-electron chi connectivity index (χ3n) is 2.24. The zero-order valence-electron chi connectivity index (χ0n) is 9.45. The van der Waals surface area contributed by atoms with E-state index in [0.29, 0.717) is 12.5 Å². The largest absolute Gasteiger partial charge is 0.389 e. The van der Waals surface area contributed by atoms with Gasteiger partial charge in [-0.3, -0.25) is 0 Å². The summed E-state index contributed by atoms with van der Waals surface area (Å²) in [7, 11) is 0. The third kappa shape index (κ3) is 3.30. The summed E-state index contributed by atoms with van der Waals surface area (Å²) < 4.78 is 0. The van der Waals surface area contributed by atoms with Crippen molar-refractivity contribution in [1.82, 2.24) is 15.3 Å². The zero-order valence-corrected chi connectivity index (χ0v) is 10.3. The summed E-state index contributed by atoms with van der Waals surface area (Å²) in [6, 6.07) is 0. The fourth-order valence-electron chi connectivity index (χ4n) is 1.44. The topological polar surface area (TPSA) is 70.1 Å². The third-order valence-corrected chi connectivity index (χ3v) is 2.24. The summed E-state index contributed by atoms with van der Waals surface area (Å²) in [5, 5.41) is 15.8. The first kappa shape index (κ1) is 13.2. The second-order valence-corrected chi connectivity index (χ2v) is 4.44. The quantitative estimate of drug-likeness (QED) is 0.730. The molecule has 16 heavy (non-hydrogen) atoms. The highest BCUT2D eigenvalue weighted by Gasteiger charge is 2.15. The molecule has 0 radical (unpaired) electrons. The number of hydrogen-bond donors (Lipinski definition) is 3. The fraction of sp³-hybridized carbons (Fsp3) is 0.600. The Labute approximate surface area is 101 Å². The number of hydrogen-bond acceptors (Lipinski definition) is 5. The molecule has 0 amide bonds. The smallest absolute Gasteiger partial charge is 0.223 e. The Balaban J connectivity index is 0.00000128. The van der Waals surface area contributed by atoms with Crippen LogP contribution in [0.3, 0.4) is 0 Å².